The molecule has 0 saturated carbocycles. The van der Waals surface area contributed by atoms with Crippen molar-refractivity contribution >= 4 is 0 Å². The Labute approximate surface area is 81.2 Å². The predicted octanol–water partition coefficient (Wildman–Crippen LogP) is 2.00. The lowest BCUT2D eigenvalue weighted by atomic mass is 9.62. The van der Waals surface area contributed by atoms with E-state index < -0.39 is 5.60 Å². The standard InChI is InChI=1S/C11H21NO/c1-9(2)10(3,4)12(6)8-7-11(9,5)13/h7-8,13H,1-6H3. The fourth-order valence-corrected chi connectivity index (χ4v) is 1.71. The minimum absolute atomic E-state index is 0.0365. The second-order valence-corrected chi connectivity index (χ2v) is 5.26. The molecule has 76 valence electrons. The van der Waals surface area contributed by atoms with Gasteiger partial charge < -0.3 is 10.0 Å². The van der Waals surface area contributed by atoms with Gasteiger partial charge in [0.15, 0.2) is 0 Å². The van der Waals surface area contributed by atoms with E-state index in [-0.39, 0.29) is 11.0 Å². The first-order valence-electron chi connectivity index (χ1n) is 4.77. The molecule has 1 aliphatic heterocycles. The van der Waals surface area contributed by atoms with Gasteiger partial charge in [-0.1, -0.05) is 13.8 Å². The van der Waals surface area contributed by atoms with Crippen molar-refractivity contribution in [3.63, 3.8) is 0 Å². The first-order chi connectivity index (χ1) is 5.63. The normalized spacial score (nSPS) is 36.4. The Hall–Kier alpha value is -0.500. The van der Waals surface area contributed by atoms with Crippen molar-refractivity contribution < 1.29 is 5.11 Å². The van der Waals surface area contributed by atoms with Crippen molar-refractivity contribution in [2.45, 2.75) is 45.8 Å². The van der Waals surface area contributed by atoms with Crippen LogP contribution in [0.4, 0.5) is 0 Å². The monoisotopic (exact) mass is 183 g/mol. The van der Waals surface area contributed by atoms with Gasteiger partial charge in [-0.05, 0) is 33.0 Å². The molecule has 0 fully saturated rings. The topological polar surface area (TPSA) is 23.5 Å². The minimum Gasteiger partial charge on any atom is -0.385 e. The van der Waals surface area contributed by atoms with Gasteiger partial charge in [0.05, 0.1) is 5.60 Å². The van der Waals surface area contributed by atoms with Crippen molar-refractivity contribution in [2.24, 2.45) is 5.41 Å². The fraction of sp³-hybridized carbons (Fsp3) is 0.818. The van der Waals surface area contributed by atoms with Crippen molar-refractivity contribution in [3.8, 4) is 0 Å². The Morgan fingerprint density at radius 3 is 1.92 bits per heavy atom. The highest BCUT2D eigenvalue weighted by Crippen LogP contribution is 2.47. The SMILES string of the molecule is CN1C=CC(C)(O)C(C)(C)C1(C)C. The van der Waals surface area contributed by atoms with E-state index in [2.05, 4.69) is 32.6 Å². The largest absolute Gasteiger partial charge is 0.385 e. The number of hydrogen-bond acceptors (Lipinski definition) is 2. The van der Waals surface area contributed by atoms with Crippen molar-refractivity contribution in [1.82, 2.24) is 4.90 Å². The summed E-state index contributed by atoms with van der Waals surface area (Å²) in [6.07, 6.45) is 3.84. The van der Waals surface area contributed by atoms with E-state index in [1.54, 1.807) is 0 Å². The lowest BCUT2D eigenvalue weighted by molar-refractivity contribution is -0.0993. The first kappa shape index (κ1) is 10.6. The van der Waals surface area contributed by atoms with Gasteiger partial charge in [0.25, 0.3) is 0 Å². The average Bonchev–Trinajstić information content (AvgIpc) is 1.97. The third kappa shape index (κ3) is 1.19. The minimum atomic E-state index is -0.733. The molecule has 0 spiro atoms. The maximum absolute atomic E-state index is 10.2. The Bertz CT molecular complexity index is 238. The lowest BCUT2D eigenvalue weighted by Gasteiger charge is -2.56. The molecule has 0 aromatic heterocycles. The van der Waals surface area contributed by atoms with Gasteiger partial charge >= 0.3 is 0 Å². The van der Waals surface area contributed by atoms with Crippen molar-refractivity contribution in [1.29, 1.82) is 0 Å². The molecule has 1 atom stereocenters. The predicted molar refractivity (Wildman–Crippen MR) is 55.4 cm³/mol. The third-order valence-corrected chi connectivity index (χ3v) is 4.30. The molecule has 1 rings (SSSR count). The molecule has 13 heavy (non-hydrogen) atoms. The van der Waals surface area contributed by atoms with E-state index in [0.29, 0.717) is 0 Å². The molecule has 1 unspecified atom stereocenters. The van der Waals surface area contributed by atoms with Gasteiger partial charge in [-0.3, -0.25) is 0 Å². The number of rotatable bonds is 0. The van der Waals surface area contributed by atoms with Gasteiger partial charge in [0.2, 0.25) is 0 Å². The van der Waals surface area contributed by atoms with Crippen LogP contribution in [0.25, 0.3) is 0 Å². The summed E-state index contributed by atoms with van der Waals surface area (Å²) >= 11 is 0. The molecule has 0 bridgehead atoms. The highest BCUT2D eigenvalue weighted by Gasteiger charge is 2.52. The van der Waals surface area contributed by atoms with Crippen LogP contribution >= 0.6 is 0 Å². The maximum atomic E-state index is 10.2. The van der Waals surface area contributed by atoms with Gasteiger partial charge in [0, 0.05) is 18.0 Å². The smallest absolute Gasteiger partial charge is 0.0889 e. The average molecular weight is 183 g/mol. The molecule has 1 N–H and O–H groups in total. The van der Waals surface area contributed by atoms with Crippen LogP contribution in [0.5, 0.6) is 0 Å². The highest BCUT2D eigenvalue weighted by atomic mass is 16.3. The van der Waals surface area contributed by atoms with E-state index >= 15 is 0 Å². The number of hydrogen-bond donors (Lipinski definition) is 1. The molecule has 0 aliphatic carbocycles. The summed E-state index contributed by atoms with van der Waals surface area (Å²) in [4.78, 5) is 2.16. The van der Waals surface area contributed by atoms with Crippen LogP contribution in [0, 0.1) is 5.41 Å². The Kier molecular flexibility index (Phi) is 2.04. The molecule has 0 aromatic carbocycles. The quantitative estimate of drug-likeness (QED) is 0.621. The zero-order chi connectivity index (χ0) is 10.5. The summed E-state index contributed by atoms with van der Waals surface area (Å²) in [7, 11) is 2.05. The van der Waals surface area contributed by atoms with Crippen LogP contribution in [0.1, 0.15) is 34.6 Å². The van der Waals surface area contributed by atoms with Gasteiger partial charge in [-0.25, -0.2) is 0 Å². The van der Waals surface area contributed by atoms with E-state index in [0.717, 1.165) is 0 Å². The van der Waals surface area contributed by atoms with E-state index in [1.165, 1.54) is 0 Å². The van der Waals surface area contributed by atoms with Gasteiger partial charge in [0.1, 0.15) is 0 Å². The molecular formula is C11H21NO. The van der Waals surface area contributed by atoms with E-state index in [1.807, 2.05) is 26.2 Å². The van der Waals surface area contributed by atoms with Gasteiger partial charge in [-0.2, -0.15) is 0 Å². The first-order valence-corrected chi connectivity index (χ1v) is 4.77. The Morgan fingerprint density at radius 2 is 1.54 bits per heavy atom. The zero-order valence-electron chi connectivity index (χ0n) is 9.55. The summed E-state index contributed by atoms with van der Waals surface area (Å²) in [5, 5.41) is 10.2. The van der Waals surface area contributed by atoms with Crippen LogP contribution in [0.15, 0.2) is 12.3 Å². The Morgan fingerprint density at radius 1 is 1.08 bits per heavy atom. The second-order valence-electron chi connectivity index (χ2n) is 5.26. The molecular weight excluding hydrogens is 162 g/mol. The summed E-state index contributed by atoms with van der Waals surface area (Å²) in [6.45, 7) is 10.4. The van der Waals surface area contributed by atoms with E-state index in [4.69, 9.17) is 0 Å². The van der Waals surface area contributed by atoms with E-state index in [9.17, 15) is 5.11 Å². The van der Waals surface area contributed by atoms with Crippen molar-refractivity contribution in [3.05, 3.63) is 12.3 Å². The highest BCUT2D eigenvalue weighted by molar-refractivity contribution is 5.18. The number of nitrogens with zero attached hydrogens (tertiary/aromatic N) is 1. The molecule has 0 aromatic rings. The van der Waals surface area contributed by atoms with Crippen LogP contribution in [0.2, 0.25) is 0 Å². The van der Waals surface area contributed by atoms with Crippen LogP contribution in [-0.4, -0.2) is 28.2 Å². The molecule has 1 aliphatic rings. The molecule has 2 heteroatoms. The zero-order valence-corrected chi connectivity index (χ0v) is 9.55. The summed E-state index contributed by atoms with van der Waals surface area (Å²) in [6, 6.07) is 0. The van der Waals surface area contributed by atoms with Gasteiger partial charge in [-0.15, -0.1) is 0 Å². The van der Waals surface area contributed by atoms with Crippen LogP contribution in [-0.2, 0) is 0 Å². The second kappa shape index (κ2) is 2.50. The molecule has 1 heterocycles. The lowest BCUT2D eigenvalue weighted by Crippen LogP contribution is -2.62. The summed E-state index contributed by atoms with van der Waals surface area (Å²) in [5.41, 5.74) is -0.933. The molecule has 0 saturated heterocycles. The van der Waals surface area contributed by atoms with Crippen molar-refractivity contribution in [2.75, 3.05) is 7.05 Å². The number of aliphatic hydroxyl groups is 1. The Balaban J connectivity index is 3.22. The van der Waals surface area contributed by atoms with Crippen LogP contribution < -0.4 is 0 Å². The molecule has 2 nitrogen and oxygen atoms in total. The molecule has 0 amide bonds. The summed E-state index contributed by atoms with van der Waals surface area (Å²) < 4.78 is 0. The third-order valence-electron chi connectivity index (χ3n) is 4.30. The van der Waals surface area contributed by atoms with Crippen LogP contribution in [0.3, 0.4) is 0 Å². The molecule has 0 radical (unpaired) electrons. The summed E-state index contributed by atoms with van der Waals surface area (Å²) in [5.74, 6) is 0. The fourth-order valence-electron chi connectivity index (χ4n) is 1.71. The maximum Gasteiger partial charge on any atom is 0.0889 e.